The second-order valence-electron chi connectivity index (χ2n) is 4.69. The summed E-state index contributed by atoms with van der Waals surface area (Å²) in [4.78, 5) is 23.1. The van der Waals surface area contributed by atoms with Crippen LogP contribution in [0.15, 0.2) is 18.2 Å². The molecule has 0 aliphatic carbocycles. The van der Waals surface area contributed by atoms with Crippen molar-refractivity contribution in [2.45, 2.75) is 39.2 Å². The molecule has 0 bridgehead atoms. The molecule has 1 aromatic carbocycles. The lowest BCUT2D eigenvalue weighted by molar-refractivity contribution is -0.121. The van der Waals surface area contributed by atoms with Gasteiger partial charge in [-0.05, 0) is 31.0 Å². The topological polar surface area (TPSA) is 84.2 Å². The molecule has 0 saturated heterocycles. The highest BCUT2D eigenvalue weighted by Crippen LogP contribution is 2.21. The van der Waals surface area contributed by atoms with E-state index in [1.807, 2.05) is 13.8 Å². The summed E-state index contributed by atoms with van der Waals surface area (Å²) in [6.45, 7) is 4.94. The maximum atomic E-state index is 13.5. The van der Waals surface area contributed by atoms with Crippen molar-refractivity contribution in [3.05, 3.63) is 24.0 Å². The number of halogens is 1. The average molecular weight is 281 g/mol. The van der Waals surface area contributed by atoms with E-state index in [9.17, 15) is 14.0 Å². The van der Waals surface area contributed by atoms with Gasteiger partial charge in [0.2, 0.25) is 11.8 Å². The van der Waals surface area contributed by atoms with Crippen LogP contribution in [0.5, 0.6) is 0 Å². The highest BCUT2D eigenvalue weighted by molar-refractivity contribution is 5.98. The van der Waals surface area contributed by atoms with E-state index < -0.39 is 11.4 Å². The van der Waals surface area contributed by atoms with Gasteiger partial charge in [0.25, 0.3) is 0 Å². The molecule has 0 fully saturated rings. The number of anilines is 2. The average Bonchev–Trinajstić information content (AvgIpc) is 2.41. The van der Waals surface area contributed by atoms with Crippen LogP contribution in [0.2, 0.25) is 0 Å². The molecular formula is C14H20FN3O2. The first-order valence-corrected chi connectivity index (χ1v) is 6.50. The highest BCUT2D eigenvalue weighted by atomic mass is 19.1. The van der Waals surface area contributed by atoms with E-state index in [-0.39, 0.29) is 17.5 Å². The first kappa shape index (κ1) is 16.1. The summed E-state index contributed by atoms with van der Waals surface area (Å²) >= 11 is 0. The Bertz CT molecular complexity index is 513. The molecule has 1 aromatic rings. The number of hydrogen-bond acceptors (Lipinski definition) is 3. The zero-order chi connectivity index (χ0) is 15.3. The molecule has 0 saturated carbocycles. The number of hydrogen-bond donors (Lipinski definition) is 3. The van der Waals surface area contributed by atoms with Gasteiger partial charge in [-0.2, -0.15) is 0 Å². The molecule has 0 aliphatic heterocycles. The second kappa shape index (κ2) is 6.47. The Morgan fingerprint density at radius 2 is 1.85 bits per heavy atom. The molecule has 0 aromatic heterocycles. The van der Waals surface area contributed by atoms with Gasteiger partial charge < -0.3 is 16.4 Å². The number of carbonyl (C=O) groups is 2. The van der Waals surface area contributed by atoms with Crippen molar-refractivity contribution in [1.29, 1.82) is 0 Å². The fourth-order valence-corrected chi connectivity index (χ4v) is 1.72. The fraction of sp³-hybridized carbons (Fsp3) is 0.429. The third kappa shape index (κ3) is 3.77. The Kier molecular flexibility index (Phi) is 5.21. The van der Waals surface area contributed by atoms with E-state index in [2.05, 4.69) is 10.6 Å². The lowest BCUT2D eigenvalue weighted by Gasteiger charge is -2.25. The molecule has 0 unspecified atom stereocenters. The summed E-state index contributed by atoms with van der Waals surface area (Å²) in [7, 11) is 0. The number of nitrogens with two attached hydrogens (primary N) is 1. The van der Waals surface area contributed by atoms with Crippen molar-refractivity contribution in [2.24, 2.45) is 5.73 Å². The lowest BCUT2D eigenvalue weighted by Crippen LogP contribution is -2.50. The van der Waals surface area contributed by atoms with Crippen molar-refractivity contribution < 1.29 is 14.0 Å². The standard InChI is InChI=1S/C14H20FN3O2/c1-4-14(16,5-2)13(20)18-10-6-7-11(15)12(8-10)17-9(3)19/h6-8H,4-5,16H2,1-3H3,(H,17,19)(H,18,20). The largest absolute Gasteiger partial charge is 0.324 e. The SMILES string of the molecule is CCC(N)(CC)C(=O)Nc1ccc(F)c(NC(C)=O)c1. The zero-order valence-corrected chi connectivity index (χ0v) is 11.9. The molecule has 0 spiro atoms. The van der Waals surface area contributed by atoms with Crippen LogP contribution >= 0.6 is 0 Å². The van der Waals surface area contributed by atoms with E-state index >= 15 is 0 Å². The molecule has 1 rings (SSSR count). The van der Waals surface area contributed by atoms with Gasteiger partial charge >= 0.3 is 0 Å². The highest BCUT2D eigenvalue weighted by Gasteiger charge is 2.29. The van der Waals surface area contributed by atoms with Crippen LogP contribution in [0.3, 0.4) is 0 Å². The third-order valence-electron chi connectivity index (χ3n) is 3.25. The van der Waals surface area contributed by atoms with Gasteiger partial charge in [-0.25, -0.2) is 4.39 Å². The number of rotatable bonds is 5. The number of benzene rings is 1. The minimum Gasteiger partial charge on any atom is -0.324 e. The maximum absolute atomic E-state index is 13.5. The minimum atomic E-state index is -0.956. The molecule has 0 radical (unpaired) electrons. The van der Waals surface area contributed by atoms with Crippen LogP contribution in [0, 0.1) is 5.82 Å². The second-order valence-corrected chi connectivity index (χ2v) is 4.69. The van der Waals surface area contributed by atoms with Crippen molar-refractivity contribution in [1.82, 2.24) is 0 Å². The molecule has 0 heterocycles. The summed E-state index contributed by atoms with van der Waals surface area (Å²) in [5, 5.41) is 5.00. The Morgan fingerprint density at radius 3 is 2.35 bits per heavy atom. The molecular weight excluding hydrogens is 261 g/mol. The van der Waals surface area contributed by atoms with Crippen molar-refractivity contribution >= 4 is 23.2 Å². The first-order chi connectivity index (χ1) is 9.32. The molecule has 20 heavy (non-hydrogen) atoms. The molecule has 5 nitrogen and oxygen atoms in total. The summed E-state index contributed by atoms with van der Waals surface area (Å²) in [5.74, 6) is -1.28. The van der Waals surface area contributed by atoms with Crippen LogP contribution in [-0.4, -0.2) is 17.4 Å². The monoisotopic (exact) mass is 281 g/mol. The van der Waals surface area contributed by atoms with E-state index in [0.717, 1.165) is 0 Å². The van der Waals surface area contributed by atoms with E-state index in [4.69, 9.17) is 5.73 Å². The van der Waals surface area contributed by atoms with E-state index in [1.165, 1.54) is 25.1 Å². The van der Waals surface area contributed by atoms with E-state index in [1.54, 1.807) is 0 Å². The van der Waals surface area contributed by atoms with Gasteiger partial charge in [0.15, 0.2) is 0 Å². The van der Waals surface area contributed by atoms with Crippen molar-refractivity contribution in [3.8, 4) is 0 Å². The first-order valence-electron chi connectivity index (χ1n) is 6.50. The summed E-state index contributed by atoms with van der Waals surface area (Å²) < 4.78 is 13.5. The van der Waals surface area contributed by atoms with E-state index in [0.29, 0.717) is 18.5 Å². The number of carbonyl (C=O) groups excluding carboxylic acids is 2. The minimum absolute atomic E-state index is 0.0194. The van der Waals surface area contributed by atoms with Crippen LogP contribution < -0.4 is 16.4 Å². The van der Waals surface area contributed by atoms with Crippen molar-refractivity contribution in [2.75, 3.05) is 10.6 Å². The van der Waals surface area contributed by atoms with Gasteiger partial charge in [0.1, 0.15) is 5.82 Å². The predicted molar refractivity (Wildman–Crippen MR) is 76.8 cm³/mol. The normalized spacial score (nSPS) is 11.1. The summed E-state index contributed by atoms with van der Waals surface area (Å²) in [5.41, 5.74) is 5.43. The smallest absolute Gasteiger partial charge is 0.244 e. The predicted octanol–water partition coefficient (Wildman–Crippen LogP) is 2.24. The van der Waals surface area contributed by atoms with Crippen LogP contribution in [-0.2, 0) is 9.59 Å². The fourth-order valence-electron chi connectivity index (χ4n) is 1.72. The van der Waals surface area contributed by atoms with Crippen LogP contribution in [0.1, 0.15) is 33.6 Å². The molecule has 2 amide bonds. The molecule has 0 atom stereocenters. The molecule has 0 aliphatic rings. The zero-order valence-electron chi connectivity index (χ0n) is 11.9. The quantitative estimate of drug-likeness (QED) is 0.774. The van der Waals surface area contributed by atoms with Gasteiger partial charge in [-0.15, -0.1) is 0 Å². The Morgan fingerprint density at radius 1 is 1.25 bits per heavy atom. The number of amides is 2. The number of nitrogens with one attached hydrogen (secondary N) is 2. The molecule has 110 valence electrons. The molecule has 4 N–H and O–H groups in total. The van der Waals surface area contributed by atoms with Gasteiger partial charge in [-0.1, -0.05) is 13.8 Å². The lowest BCUT2D eigenvalue weighted by atomic mass is 9.93. The molecule has 6 heteroatoms. The summed E-state index contributed by atoms with van der Waals surface area (Å²) in [6.07, 6.45) is 0.990. The Hall–Kier alpha value is -1.95. The van der Waals surface area contributed by atoms with Gasteiger partial charge in [0.05, 0.1) is 11.2 Å². The third-order valence-corrected chi connectivity index (χ3v) is 3.25. The summed E-state index contributed by atoms with van der Waals surface area (Å²) in [6, 6.07) is 3.96. The Balaban J connectivity index is 2.93. The van der Waals surface area contributed by atoms with Crippen molar-refractivity contribution in [3.63, 3.8) is 0 Å². The van der Waals surface area contributed by atoms with Gasteiger partial charge in [0, 0.05) is 12.6 Å². The maximum Gasteiger partial charge on any atom is 0.244 e. The van der Waals surface area contributed by atoms with Crippen LogP contribution in [0.25, 0.3) is 0 Å². The Labute approximate surface area is 117 Å². The van der Waals surface area contributed by atoms with Crippen LogP contribution in [0.4, 0.5) is 15.8 Å². The van der Waals surface area contributed by atoms with Gasteiger partial charge in [-0.3, -0.25) is 9.59 Å².